The first-order chi connectivity index (χ1) is 15.6. The number of benzene rings is 3. The summed E-state index contributed by atoms with van der Waals surface area (Å²) in [6.45, 7) is 0. The van der Waals surface area contributed by atoms with Crippen molar-refractivity contribution in [1.29, 1.82) is 0 Å². The van der Waals surface area contributed by atoms with Crippen LogP contribution in [0, 0.1) is 0 Å². The second kappa shape index (κ2) is 7.03. The molecule has 0 atom stereocenters. The van der Waals surface area contributed by atoms with Gasteiger partial charge in [0.05, 0.1) is 11.9 Å². The molecule has 0 bridgehead atoms. The van der Waals surface area contributed by atoms with Gasteiger partial charge in [-0.05, 0) is 59.2 Å². The van der Waals surface area contributed by atoms with E-state index in [-0.39, 0.29) is 5.91 Å². The SMILES string of the molecule is CN(c1cccc(-c2ccc3c(c2)CC(=O)N3)c1)c1nc2nncn2c2cc(Cl)ccc12. The van der Waals surface area contributed by atoms with Crippen LogP contribution in [0.25, 0.3) is 27.8 Å². The summed E-state index contributed by atoms with van der Waals surface area (Å²) < 4.78 is 1.83. The van der Waals surface area contributed by atoms with E-state index in [0.717, 1.165) is 44.8 Å². The van der Waals surface area contributed by atoms with Crippen LogP contribution in [-0.4, -0.2) is 32.5 Å². The van der Waals surface area contributed by atoms with Gasteiger partial charge in [0.1, 0.15) is 12.1 Å². The summed E-state index contributed by atoms with van der Waals surface area (Å²) in [4.78, 5) is 18.5. The number of amides is 1. The maximum atomic E-state index is 11.7. The maximum Gasteiger partial charge on any atom is 0.257 e. The van der Waals surface area contributed by atoms with E-state index in [2.05, 4.69) is 33.7 Å². The number of anilines is 3. The predicted molar refractivity (Wildman–Crippen MR) is 126 cm³/mol. The average molecular weight is 441 g/mol. The molecule has 8 heteroatoms. The van der Waals surface area contributed by atoms with Gasteiger partial charge in [-0.15, -0.1) is 10.2 Å². The molecule has 7 nitrogen and oxygen atoms in total. The van der Waals surface area contributed by atoms with E-state index < -0.39 is 0 Å². The number of carbonyl (C=O) groups is 1. The molecule has 0 fully saturated rings. The molecule has 3 heterocycles. The van der Waals surface area contributed by atoms with Gasteiger partial charge in [0.25, 0.3) is 5.78 Å². The van der Waals surface area contributed by atoms with Crippen LogP contribution in [0.1, 0.15) is 5.56 Å². The number of carbonyl (C=O) groups excluding carboxylic acids is 1. The molecular formula is C24H17ClN6O. The lowest BCUT2D eigenvalue weighted by molar-refractivity contribution is -0.115. The molecule has 3 aromatic carbocycles. The van der Waals surface area contributed by atoms with E-state index in [0.29, 0.717) is 17.2 Å². The van der Waals surface area contributed by atoms with Crippen LogP contribution in [0.3, 0.4) is 0 Å². The van der Waals surface area contributed by atoms with Crippen molar-refractivity contribution < 1.29 is 4.79 Å². The molecule has 0 saturated carbocycles. The second-order valence-corrected chi connectivity index (χ2v) is 8.24. The third-order valence-corrected chi connectivity index (χ3v) is 6.05. The largest absolute Gasteiger partial charge is 0.329 e. The summed E-state index contributed by atoms with van der Waals surface area (Å²) in [5.41, 5.74) is 5.91. The van der Waals surface area contributed by atoms with E-state index in [1.165, 1.54) is 0 Å². The Morgan fingerprint density at radius 3 is 2.84 bits per heavy atom. The van der Waals surface area contributed by atoms with Crippen molar-refractivity contribution in [3.8, 4) is 11.1 Å². The predicted octanol–water partition coefficient (Wildman–Crippen LogP) is 4.86. The lowest BCUT2D eigenvalue weighted by Crippen LogP contribution is -2.13. The van der Waals surface area contributed by atoms with Gasteiger partial charge in [-0.25, -0.2) is 0 Å². The molecule has 1 N–H and O–H groups in total. The minimum atomic E-state index is 0.0348. The number of fused-ring (bicyclic) bond motifs is 4. The van der Waals surface area contributed by atoms with E-state index in [9.17, 15) is 4.79 Å². The first kappa shape index (κ1) is 18.8. The Hall–Kier alpha value is -3.97. The van der Waals surface area contributed by atoms with Gasteiger partial charge in [0, 0.05) is 28.8 Å². The van der Waals surface area contributed by atoms with Crippen molar-refractivity contribution in [2.45, 2.75) is 6.42 Å². The second-order valence-electron chi connectivity index (χ2n) is 7.80. The van der Waals surface area contributed by atoms with Gasteiger partial charge >= 0.3 is 0 Å². The zero-order chi connectivity index (χ0) is 21.8. The highest BCUT2D eigenvalue weighted by Crippen LogP contribution is 2.34. The molecule has 0 radical (unpaired) electrons. The summed E-state index contributed by atoms with van der Waals surface area (Å²) in [6.07, 6.45) is 2.05. The van der Waals surface area contributed by atoms with Crippen molar-refractivity contribution in [2.24, 2.45) is 0 Å². The maximum absolute atomic E-state index is 11.7. The first-order valence-electron chi connectivity index (χ1n) is 10.1. The van der Waals surface area contributed by atoms with Crippen LogP contribution in [0.4, 0.5) is 17.2 Å². The van der Waals surface area contributed by atoms with E-state index in [1.54, 1.807) is 6.33 Å². The smallest absolute Gasteiger partial charge is 0.257 e. The van der Waals surface area contributed by atoms with Crippen molar-refractivity contribution in [3.05, 3.63) is 77.6 Å². The molecular weight excluding hydrogens is 424 g/mol. The molecule has 1 aliphatic rings. The molecule has 2 aromatic heterocycles. The molecule has 156 valence electrons. The Kier molecular flexibility index (Phi) is 4.13. The minimum absolute atomic E-state index is 0.0348. The van der Waals surface area contributed by atoms with Crippen LogP contribution in [0.15, 0.2) is 67.0 Å². The Morgan fingerprint density at radius 1 is 1.06 bits per heavy atom. The van der Waals surface area contributed by atoms with Gasteiger partial charge < -0.3 is 10.2 Å². The standard InChI is InChI=1S/C24H17ClN6O/c1-30(23-19-7-6-17(25)12-21(19)31-13-26-29-24(31)28-23)18-4-2-3-14(10-18)15-5-8-20-16(9-15)11-22(32)27-20/h2-10,12-13H,11H2,1H3,(H,27,32). The van der Waals surface area contributed by atoms with Gasteiger partial charge in [-0.2, -0.15) is 4.98 Å². The number of halogens is 1. The summed E-state index contributed by atoms with van der Waals surface area (Å²) in [7, 11) is 1.98. The van der Waals surface area contributed by atoms with Crippen molar-refractivity contribution >= 4 is 51.4 Å². The van der Waals surface area contributed by atoms with Gasteiger partial charge in [0.2, 0.25) is 5.91 Å². The summed E-state index contributed by atoms with van der Waals surface area (Å²) in [6, 6.07) is 20.0. The van der Waals surface area contributed by atoms with Crippen LogP contribution in [0.2, 0.25) is 5.02 Å². The normalized spacial score (nSPS) is 12.9. The van der Waals surface area contributed by atoms with E-state index >= 15 is 0 Å². The minimum Gasteiger partial charge on any atom is -0.329 e. The highest BCUT2D eigenvalue weighted by molar-refractivity contribution is 6.31. The monoisotopic (exact) mass is 440 g/mol. The third-order valence-electron chi connectivity index (χ3n) is 5.81. The van der Waals surface area contributed by atoms with Crippen LogP contribution < -0.4 is 10.2 Å². The lowest BCUT2D eigenvalue weighted by Gasteiger charge is -2.21. The first-order valence-corrected chi connectivity index (χ1v) is 10.5. The zero-order valence-electron chi connectivity index (χ0n) is 17.1. The number of rotatable bonds is 3. The average Bonchev–Trinajstić information content (AvgIpc) is 3.43. The number of hydrogen-bond acceptors (Lipinski definition) is 5. The summed E-state index contributed by atoms with van der Waals surface area (Å²) in [5, 5.41) is 12.6. The van der Waals surface area contributed by atoms with Crippen LogP contribution >= 0.6 is 11.6 Å². The third kappa shape index (κ3) is 2.98. The Balaban J connectivity index is 1.45. The van der Waals surface area contributed by atoms with Crippen LogP contribution in [0.5, 0.6) is 0 Å². The topological polar surface area (TPSA) is 75.4 Å². The number of nitrogens with one attached hydrogen (secondary N) is 1. The molecule has 0 spiro atoms. The fraction of sp³-hybridized carbons (Fsp3) is 0.0833. The van der Waals surface area contributed by atoms with Gasteiger partial charge in [-0.1, -0.05) is 29.8 Å². The fourth-order valence-electron chi connectivity index (χ4n) is 4.20. The molecule has 0 aliphatic carbocycles. The number of aromatic nitrogens is 4. The molecule has 1 amide bonds. The van der Waals surface area contributed by atoms with Crippen LogP contribution in [-0.2, 0) is 11.2 Å². The quantitative estimate of drug-likeness (QED) is 0.433. The molecule has 0 saturated heterocycles. The number of hydrogen-bond donors (Lipinski definition) is 1. The number of nitrogens with zero attached hydrogens (tertiary/aromatic N) is 5. The molecule has 1 aliphatic heterocycles. The zero-order valence-corrected chi connectivity index (χ0v) is 17.8. The van der Waals surface area contributed by atoms with Gasteiger partial charge in [-0.3, -0.25) is 9.20 Å². The molecule has 5 aromatic rings. The lowest BCUT2D eigenvalue weighted by atomic mass is 10.0. The Morgan fingerprint density at radius 2 is 1.94 bits per heavy atom. The molecule has 32 heavy (non-hydrogen) atoms. The summed E-state index contributed by atoms with van der Waals surface area (Å²) in [5.74, 6) is 1.30. The summed E-state index contributed by atoms with van der Waals surface area (Å²) >= 11 is 6.26. The van der Waals surface area contributed by atoms with Gasteiger partial charge in [0.15, 0.2) is 0 Å². The molecule has 0 unspecified atom stereocenters. The van der Waals surface area contributed by atoms with Crippen molar-refractivity contribution in [1.82, 2.24) is 19.6 Å². The van der Waals surface area contributed by atoms with E-state index in [1.807, 2.05) is 58.8 Å². The van der Waals surface area contributed by atoms with Crippen molar-refractivity contribution in [3.63, 3.8) is 0 Å². The van der Waals surface area contributed by atoms with Crippen molar-refractivity contribution in [2.75, 3.05) is 17.3 Å². The Bertz CT molecular complexity index is 1540. The highest BCUT2D eigenvalue weighted by Gasteiger charge is 2.19. The fourth-order valence-corrected chi connectivity index (χ4v) is 4.37. The molecule has 6 rings (SSSR count). The Labute approximate surface area is 188 Å². The van der Waals surface area contributed by atoms with E-state index in [4.69, 9.17) is 16.6 Å². The highest BCUT2D eigenvalue weighted by atomic mass is 35.5.